The summed E-state index contributed by atoms with van der Waals surface area (Å²) in [6, 6.07) is 5.76. The maximum absolute atomic E-state index is 12.1. The second-order valence-corrected chi connectivity index (χ2v) is 5.93. The summed E-state index contributed by atoms with van der Waals surface area (Å²) in [7, 11) is 0. The van der Waals surface area contributed by atoms with Gasteiger partial charge in [0.05, 0.1) is 6.61 Å². The lowest BCUT2D eigenvalue weighted by atomic mass is 10.1. The molecule has 1 saturated carbocycles. The van der Waals surface area contributed by atoms with Gasteiger partial charge in [-0.2, -0.15) is 0 Å². The molecule has 20 heavy (non-hydrogen) atoms. The van der Waals surface area contributed by atoms with Gasteiger partial charge in [-0.25, -0.2) is 0 Å². The molecule has 3 rings (SSSR count). The van der Waals surface area contributed by atoms with Crippen molar-refractivity contribution in [1.82, 2.24) is 5.32 Å². The van der Waals surface area contributed by atoms with Crippen LogP contribution >= 0.6 is 0 Å². The molecular weight excluding hydrogens is 254 g/mol. The summed E-state index contributed by atoms with van der Waals surface area (Å²) in [5.74, 6) is 0.120. The zero-order chi connectivity index (χ0) is 14.3. The molecule has 106 valence electrons. The number of amides is 1. The minimum atomic E-state index is -0.212. The second-order valence-electron chi connectivity index (χ2n) is 5.93. The van der Waals surface area contributed by atoms with Crippen LogP contribution in [0.5, 0.6) is 0 Å². The molecular formula is C16H19NO3. The van der Waals surface area contributed by atoms with Crippen LogP contribution in [0.4, 0.5) is 0 Å². The van der Waals surface area contributed by atoms with Crippen molar-refractivity contribution in [3.8, 4) is 0 Å². The van der Waals surface area contributed by atoms with Crippen LogP contribution in [0.3, 0.4) is 0 Å². The number of carbonyl (C=O) groups is 1. The van der Waals surface area contributed by atoms with E-state index in [1.807, 2.05) is 26.0 Å². The summed E-state index contributed by atoms with van der Waals surface area (Å²) < 4.78 is 5.61. The number of benzene rings is 1. The number of aliphatic hydroxyl groups excluding tert-OH is 1. The Morgan fingerprint density at radius 1 is 1.30 bits per heavy atom. The molecule has 0 atom stereocenters. The lowest BCUT2D eigenvalue weighted by Crippen LogP contribution is -2.31. The molecule has 1 heterocycles. The fraction of sp³-hybridized carbons (Fsp3) is 0.438. The van der Waals surface area contributed by atoms with Gasteiger partial charge >= 0.3 is 0 Å². The highest BCUT2D eigenvalue weighted by Gasteiger charge is 2.42. The van der Waals surface area contributed by atoms with Crippen molar-refractivity contribution < 1.29 is 14.3 Å². The van der Waals surface area contributed by atoms with Crippen LogP contribution in [0.1, 0.15) is 34.5 Å². The van der Waals surface area contributed by atoms with Gasteiger partial charge in [0.1, 0.15) is 5.58 Å². The molecule has 1 amide bonds. The van der Waals surface area contributed by atoms with Gasteiger partial charge in [-0.15, -0.1) is 0 Å². The van der Waals surface area contributed by atoms with Crippen LogP contribution in [0.25, 0.3) is 11.0 Å². The molecule has 2 aromatic rings. The van der Waals surface area contributed by atoms with E-state index in [0.29, 0.717) is 12.3 Å². The van der Waals surface area contributed by atoms with Gasteiger partial charge in [0.2, 0.25) is 0 Å². The molecule has 1 aliphatic rings. The van der Waals surface area contributed by atoms with Crippen LogP contribution in [-0.4, -0.2) is 24.2 Å². The first-order chi connectivity index (χ1) is 9.53. The van der Waals surface area contributed by atoms with E-state index in [9.17, 15) is 9.90 Å². The highest BCUT2D eigenvalue weighted by molar-refractivity contribution is 5.96. The number of aryl methyl sites for hydroxylation is 2. The molecule has 0 saturated heterocycles. The maximum atomic E-state index is 12.1. The van der Waals surface area contributed by atoms with Crippen molar-refractivity contribution in [3.63, 3.8) is 0 Å². The lowest BCUT2D eigenvalue weighted by molar-refractivity contribution is 0.0909. The van der Waals surface area contributed by atoms with E-state index in [1.54, 1.807) is 6.07 Å². The third-order valence-corrected chi connectivity index (χ3v) is 4.27. The highest BCUT2D eigenvalue weighted by Crippen LogP contribution is 2.44. The zero-order valence-corrected chi connectivity index (χ0v) is 11.8. The first-order valence-electron chi connectivity index (χ1n) is 6.93. The minimum absolute atomic E-state index is 0.0884. The third-order valence-electron chi connectivity index (χ3n) is 4.27. The Balaban J connectivity index is 1.78. The fourth-order valence-electron chi connectivity index (χ4n) is 2.34. The van der Waals surface area contributed by atoms with Crippen LogP contribution in [-0.2, 0) is 0 Å². The van der Waals surface area contributed by atoms with Crippen LogP contribution in [0.15, 0.2) is 22.6 Å². The largest absolute Gasteiger partial charge is 0.451 e. The second kappa shape index (κ2) is 4.63. The first kappa shape index (κ1) is 13.2. The van der Waals surface area contributed by atoms with Crippen LogP contribution in [0, 0.1) is 19.3 Å². The van der Waals surface area contributed by atoms with E-state index in [1.165, 1.54) is 5.56 Å². The quantitative estimate of drug-likeness (QED) is 0.900. The smallest absolute Gasteiger partial charge is 0.287 e. The predicted molar refractivity (Wildman–Crippen MR) is 76.8 cm³/mol. The summed E-state index contributed by atoms with van der Waals surface area (Å²) in [4.78, 5) is 12.1. The van der Waals surface area contributed by atoms with E-state index in [-0.39, 0.29) is 17.9 Å². The Hall–Kier alpha value is -1.81. The standard InChI is InChI=1S/C16H19NO3/c1-10-5-12-7-14(20-13(12)6-11(10)2)15(19)17-8-16(9-18)3-4-16/h5-7,18H,3-4,8-9H2,1-2H3,(H,17,19). The van der Waals surface area contributed by atoms with E-state index in [0.717, 1.165) is 29.4 Å². The van der Waals surface area contributed by atoms with Crippen molar-refractivity contribution >= 4 is 16.9 Å². The van der Waals surface area contributed by atoms with Gasteiger partial charge in [0.15, 0.2) is 5.76 Å². The van der Waals surface area contributed by atoms with Gasteiger partial charge in [0.25, 0.3) is 5.91 Å². The number of aliphatic hydroxyl groups is 1. The van der Waals surface area contributed by atoms with Gasteiger partial charge in [-0.1, -0.05) is 0 Å². The number of hydrogen-bond acceptors (Lipinski definition) is 3. The molecule has 1 fully saturated rings. The van der Waals surface area contributed by atoms with Crippen molar-refractivity contribution in [2.24, 2.45) is 5.41 Å². The number of nitrogens with one attached hydrogen (secondary N) is 1. The Bertz CT molecular complexity index is 629. The summed E-state index contributed by atoms with van der Waals surface area (Å²) in [6.07, 6.45) is 1.95. The Kier molecular flexibility index (Phi) is 3.05. The van der Waals surface area contributed by atoms with Gasteiger partial charge in [-0.05, 0) is 56.0 Å². The van der Waals surface area contributed by atoms with Crippen molar-refractivity contribution in [2.45, 2.75) is 26.7 Å². The third kappa shape index (κ3) is 2.31. The van der Waals surface area contributed by atoms with E-state index in [4.69, 9.17) is 4.42 Å². The molecule has 0 aliphatic heterocycles. The summed E-state index contributed by atoms with van der Waals surface area (Å²) >= 11 is 0. The lowest BCUT2D eigenvalue weighted by Gasteiger charge is -2.11. The Morgan fingerprint density at radius 3 is 2.65 bits per heavy atom. The van der Waals surface area contributed by atoms with Gasteiger partial charge in [-0.3, -0.25) is 4.79 Å². The molecule has 4 heteroatoms. The topological polar surface area (TPSA) is 62.5 Å². The minimum Gasteiger partial charge on any atom is -0.451 e. The zero-order valence-electron chi connectivity index (χ0n) is 11.8. The molecule has 1 aliphatic carbocycles. The van der Waals surface area contributed by atoms with Gasteiger partial charge in [0, 0.05) is 17.3 Å². The predicted octanol–water partition coefficient (Wildman–Crippen LogP) is 2.55. The number of rotatable bonds is 4. The number of fused-ring (bicyclic) bond motifs is 1. The average Bonchev–Trinajstić information content (AvgIpc) is 3.11. The summed E-state index contributed by atoms with van der Waals surface area (Å²) in [5.41, 5.74) is 2.98. The molecule has 2 N–H and O–H groups in total. The number of furan rings is 1. The van der Waals surface area contributed by atoms with E-state index in [2.05, 4.69) is 5.32 Å². The maximum Gasteiger partial charge on any atom is 0.287 e. The van der Waals surface area contributed by atoms with Gasteiger partial charge < -0.3 is 14.8 Å². The number of hydrogen-bond donors (Lipinski definition) is 2. The first-order valence-corrected chi connectivity index (χ1v) is 6.93. The Morgan fingerprint density at radius 2 is 2.00 bits per heavy atom. The molecule has 4 nitrogen and oxygen atoms in total. The normalized spacial score (nSPS) is 16.4. The van der Waals surface area contributed by atoms with E-state index < -0.39 is 0 Å². The summed E-state index contributed by atoms with van der Waals surface area (Å²) in [5, 5.41) is 13.0. The fourth-order valence-corrected chi connectivity index (χ4v) is 2.34. The van der Waals surface area contributed by atoms with Crippen molar-refractivity contribution in [1.29, 1.82) is 0 Å². The molecule has 0 bridgehead atoms. The molecule has 1 aromatic heterocycles. The number of carbonyl (C=O) groups excluding carboxylic acids is 1. The molecule has 0 unspecified atom stereocenters. The average molecular weight is 273 g/mol. The molecule has 0 spiro atoms. The van der Waals surface area contributed by atoms with Crippen LogP contribution in [0.2, 0.25) is 0 Å². The SMILES string of the molecule is Cc1cc2cc(C(=O)NCC3(CO)CC3)oc2cc1C. The van der Waals surface area contributed by atoms with E-state index >= 15 is 0 Å². The van der Waals surface area contributed by atoms with Crippen molar-refractivity contribution in [2.75, 3.05) is 13.2 Å². The summed E-state index contributed by atoms with van der Waals surface area (Å²) in [6.45, 7) is 4.71. The van der Waals surface area contributed by atoms with Crippen molar-refractivity contribution in [3.05, 3.63) is 35.1 Å². The Labute approximate surface area is 117 Å². The molecule has 1 aromatic carbocycles. The highest BCUT2D eigenvalue weighted by atomic mass is 16.3. The van der Waals surface area contributed by atoms with Crippen LogP contribution < -0.4 is 5.32 Å². The molecule has 0 radical (unpaired) electrons. The monoisotopic (exact) mass is 273 g/mol.